The molecule has 1 N–H and O–H groups in total. The van der Waals surface area contributed by atoms with Gasteiger partial charge in [-0.2, -0.15) is 0 Å². The number of carbonyl (C=O) groups excluding carboxylic acids is 2. The molecule has 0 radical (unpaired) electrons. The van der Waals surface area contributed by atoms with E-state index in [-0.39, 0.29) is 38.1 Å². The molecule has 0 aromatic rings. The van der Waals surface area contributed by atoms with Gasteiger partial charge in [-0.05, 0) is 40.5 Å². The molecule has 8 heteroatoms. The van der Waals surface area contributed by atoms with E-state index in [0.717, 1.165) is 0 Å². The van der Waals surface area contributed by atoms with Crippen molar-refractivity contribution in [2.24, 2.45) is 0 Å². The molecule has 1 unspecified atom stereocenters. The first-order valence-corrected chi connectivity index (χ1v) is 8.27. The van der Waals surface area contributed by atoms with Crippen LogP contribution in [0.4, 0.5) is 9.59 Å². The molecule has 138 valence electrons. The Morgan fingerprint density at radius 2 is 1.88 bits per heavy atom. The normalized spacial score (nSPS) is 18.2. The maximum absolute atomic E-state index is 12.3. The van der Waals surface area contributed by atoms with Gasteiger partial charge < -0.3 is 24.4 Å². The lowest BCUT2D eigenvalue weighted by Gasteiger charge is -2.40. The molecular weight excluding hydrogens is 316 g/mol. The number of carboxylic acid groups (broad SMARTS) is 1. The number of carbonyl (C=O) groups is 3. The molecule has 1 aliphatic heterocycles. The second-order valence-electron chi connectivity index (χ2n) is 6.75. The third-order valence-corrected chi connectivity index (χ3v) is 3.60. The summed E-state index contributed by atoms with van der Waals surface area (Å²) in [7, 11) is 0. The van der Waals surface area contributed by atoms with Gasteiger partial charge in [-0.1, -0.05) is 0 Å². The first kappa shape index (κ1) is 20.1. The second kappa shape index (κ2) is 8.75. The van der Waals surface area contributed by atoms with Crippen molar-refractivity contribution in [3.8, 4) is 0 Å². The molecule has 0 saturated carbocycles. The van der Waals surface area contributed by atoms with Crippen LogP contribution < -0.4 is 0 Å². The number of hydrogen-bond donors (Lipinski definition) is 1. The summed E-state index contributed by atoms with van der Waals surface area (Å²) in [6.07, 6.45) is -0.166. The predicted molar refractivity (Wildman–Crippen MR) is 86.8 cm³/mol. The van der Waals surface area contributed by atoms with Crippen molar-refractivity contribution in [2.45, 2.75) is 58.6 Å². The number of ether oxygens (including phenoxy) is 2. The van der Waals surface area contributed by atoms with E-state index in [2.05, 4.69) is 0 Å². The molecule has 0 spiro atoms. The molecule has 0 aliphatic carbocycles. The fourth-order valence-corrected chi connectivity index (χ4v) is 2.55. The van der Waals surface area contributed by atoms with Crippen LogP contribution in [0.25, 0.3) is 0 Å². The molecule has 24 heavy (non-hydrogen) atoms. The van der Waals surface area contributed by atoms with E-state index in [0.29, 0.717) is 19.4 Å². The summed E-state index contributed by atoms with van der Waals surface area (Å²) in [6, 6.07) is -0.306. The molecule has 0 bridgehead atoms. The van der Waals surface area contributed by atoms with Crippen LogP contribution in [0.3, 0.4) is 0 Å². The minimum Gasteiger partial charge on any atom is -0.466 e. The lowest BCUT2D eigenvalue weighted by Crippen LogP contribution is -2.57. The van der Waals surface area contributed by atoms with E-state index in [1.54, 1.807) is 32.6 Å². The van der Waals surface area contributed by atoms with Crippen molar-refractivity contribution >= 4 is 18.2 Å². The second-order valence-corrected chi connectivity index (χ2v) is 6.75. The fourth-order valence-electron chi connectivity index (χ4n) is 2.55. The minimum atomic E-state index is -1.01. The Balaban J connectivity index is 2.67. The molecule has 0 aromatic carbocycles. The number of rotatable bonds is 5. The van der Waals surface area contributed by atoms with Crippen LogP contribution in [-0.2, 0) is 14.3 Å². The summed E-state index contributed by atoms with van der Waals surface area (Å²) in [4.78, 5) is 37.8. The van der Waals surface area contributed by atoms with E-state index in [1.165, 1.54) is 4.90 Å². The topological polar surface area (TPSA) is 96.4 Å². The Morgan fingerprint density at radius 3 is 2.42 bits per heavy atom. The van der Waals surface area contributed by atoms with Crippen LogP contribution in [0.1, 0.15) is 47.0 Å². The summed E-state index contributed by atoms with van der Waals surface area (Å²) in [5, 5.41) is 9.17. The average Bonchev–Trinajstić information content (AvgIpc) is 2.45. The standard InChI is InChI=1S/C16H28N2O6/c1-5-23-13(19)8-6-7-12-11-17(14(20)21)9-10-18(12)15(22)24-16(2,3)4/h12H,5-11H2,1-4H3,(H,20,21). The number of nitrogens with zero attached hydrogens (tertiary/aromatic N) is 2. The van der Waals surface area contributed by atoms with Crippen LogP contribution in [0.5, 0.6) is 0 Å². The molecular formula is C16H28N2O6. The van der Waals surface area contributed by atoms with Crippen LogP contribution in [0, 0.1) is 0 Å². The Morgan fingerprint density at radius 1 is 1.21 bits per heavy atom. The zero-order valence-corrected chi connectivity index (χ0v) is 14.9. The van der Waals surface area contributed by atoms with Crippen molar-refractivity contribution in [3.63, 3.8) is 0 Å². The maximum Gasteiger partial charge on any atom is 0.410 e. The Bertz CT molecular complexity index is 460. The van der Waals surface area contributed by atoms with E-state index in [9.17, 15) is 14.4 Å². The third kappa shape index (κ3) is 6.64. The van der Waals surface area contributed by atoms with Gasteiger partial charge in [0.05, 0.1) is 12.6 Å². The average molecular weight is 344 g/mol. The smallest absolute Gasteiger partial charge is 0.410 e. The Labute approximate surface area is 142 Å². The zero-order valence-electron chi connectivity index (χ0n) is 14.9. The van der Waals surface area contributed by atoms with Crippen LogP contribution >= 0.6 is 0 Å². The molecule has 1 aliphatic rings. The first-order valence-electron chi connectivity index (χ1n) is 8.27. The van der Waals surface area contributed by atoms with E-state index in [4.69, 9.17) is 14.6 Å². The van der Waals surface area contributed by atoms with Gasteiger partial charge in [0.25, 0.3) is 0 Å². The summed E-state index contributed by atoms with van der Waals surface area (Å²) < 4.78 is 10.3. The van der Waals surface area contributed by atoms with Gasteiger partial charge in [0, 0.05) is 26.1 Å². The summed E-state index contributed by atoms with van der Waals surface area (Å²) in [6.45, 7) is 8.19. The molecule has 8 nitrogen and oxygen atoms in total. The van der Waals surface area contributed by atoms with E-state index in [1.807, 2.05) is 0 Å². The lowest BCUT2D eigenvalue weighted by atomic mass is 10.1. The minimum absolute atomic E-state index is 0.220. The van der Waals surface area contributed by atoms with E-state index >= 15 is 0 Å². The zero-order chi connectivity index (χ0) is 18.3. The van der Waals surface area contributed by atoms with Crippen molar-refractivity contribution < 1.29 is 29.0 Å². The van der Waals surface area contributed by atoms with Gasteiger partial charge in [0.1, 0.15) is 5.60 Å². The highest BCUT2D eigenvalue weighted by Gasteiger charge is 2.34. The number of amides is 2. The van der Waals surface area contributed by atoms with Crippen molar-refractivity contribution in [1.82, 2.24) is 9.80 Å². The number of piperazine rings is 1. The molecule has 2 amide bonds. The van der Waals surface area contributed by atoms with Crippen molar-refractivity contribution in [1.29, 1.82) is 0 Å². The number of hydrogen-bond acceptors (Lipinski definition) is 5. The van der Waals surface area contributed by atoms with Crippen LogP contribution in [0.2, 0.25) is 0 Å². The Hall–Kier alpha value is -1.99. The van der Waals surface area contributed by atoms with Crippen molar-refractivity contribution in [2.75, 3.05) is 26.2 Å². The molecule has 1 fully saturated rings. The molecule has 1 rings (SSSR count). The highest BCUT2D eigenvalue weighted by Crippen LogP contribution is 2.19. The monoisotopic (exact) mass is 344 g/mol. The molecule has 1 atom stereocenters. The SMILES string of the molecule is CCOC(=O)CCCC1CN(C(=O)O)CCN1C(=O)OC(C)(C)C. The van der Waals surface area contributed by atoms with Gasteiger partial charge >= 0.3 is 18.2 Å². The molecule has 1 saturated heterocycles. The summed E-state index contributed by atoms with van der Waals surface area (Å²) >= 11 is 0. The lowest BCUT2D eigenvalue weighted by molar-refractivity contribution is -0.143. The quantitative estimate of drug-likeness (QED) is 0.769. The largest absolute Gasteiger partial charge is 0.466 e. The van der Waals surface area contributed by atoms with Crippen molar-refractivity contribution in [3.05, 3.63) is 0 Å². The van der Waals surface area contributed by atoms with Gasteiger partial charge in [0.2, 0.25) is 0 Å². The number of esters is 1. The van der Waals surface area contributed by atoms with Gasteiger partial charge in [-0.15, -0.1) is 0 Å². The maximum atomic E-state index is 12.3. The summed E-state index contributed by atoms with van der Waals surface area (Å²) in [5.41, 5.74) is -0.615. The van der Waals surface area contributed by atoms with Gasteiger partial charge in [-0.3, -0.25) is 4.79 Å². The van der Waals surface area contributed by atoms with Gasteiger partial charge in [-0.25, -0.2) is 9.59 Å². The fraction of sp³-hybridized carbons (Fsp3) is 0.812. The Kier molecular flexibility index (Phi) is 7.31. The van der Waals surface area contributed by atoms with E-state index < -0.39 is 17.8 Å². The predicted octanol–water partition coefficient (Wildman–Crippen LogP) is 2.32. The third-order valence-electron chi connectivity index (χ3n) is 3.60. The first-order chi connectivity index (χ1) is 11.1. The summed E-state index contributed by atoms with van der Waals surface area (Å²) in [5.74, 6) is -0.285. The highest BCUT2D eigenvalue weighted by molar-refractivity contribution is 5.70. The highest BCUT2D eigenvalue weighted by atomic mass is 16.6. The van der Waals surface area contributed by atoms with Crippen LogP contribution in [0.15, 0.2) is 0 Å². The molecule has 1 heterocycles. The van der Waals surface area contributed by atoms with Crippen LogP contribution in [-0.4, -0.2) is 70.9 Å². The van der Waals surface area contributed by atoms with Gasteiger partial charge in [0.15, 0.2) is 0 Å². The molecule has 0 aromatic heterocycles.